The van der Waals surface area contributed by atoms with Gasteiger partial charge in [0, 0.05) is 25.8 Å². The lowest BCUT2D eigenvalue weighted by Crippen LogP contribution is -2.59. The lowest BCUT2D eigenvalue weighted by molar-refractivity contribution is -0.139. The minimum absolute atomic E-state index is 0.0556. The Bertz CT molecular complexity index is 711. The van der Waals surface area contributed by atoms with Crippen LogP contribution in [0.3, 0.4) is 0 Å². The van der Waals surface area contributed by atoms with Gasteiger partial charge in [-0.25, -0.2) is 4.79 Å². The number of urea groups is 1. The van der Waals surface area contributed by atoms with Crippen LogP contribution in [0.5, 0.6) is 0 Å². The second-order valence-electron chi connectivity index (χ2n) is 7.44. The number of para-hydroxylation sites is 1. The van der Waals surface area contributed by atoms with Gasteiger partial charge in [0.05, 0.1) is 6.04 Å². The molecule has 7 nitrogen and oxygen atoms in total. The van der Waals surface area contributed by atoms with E-state index >= 15 is 0 Å². The van der Waals surface area contributed by atoms with Gasteiger partial charge in [-0.2, -0.15) is 0 Å². The Hall–Kier alpha value is -2.41. The molecule has 1 aromatic carbocycles. The Labute approximate surface area is 153 Å². The minimum Gasteiger partial charge on any atom is -0.341 e. The average molecular weight is 358 g/mol. The van der Waals surface area contributed by atoms with Crippen LogP contribution in [-0.4, -0.2) is 59.4 Å². The van der Waals surface area contributed by atoms with Crippen molar-refractivity contribution in [3.05, 3.63) is 30.3 Å². The third-order valence-electron chi connectivity index (χ3n) is 5.53. The summed E-state index contributed by atoms with van der Waals surface area (Å²) in [6.07, 6.45) is 0.820. The van der Waals surface area contributed by atoms with Crippen molar-refractivity contribution >= 4 is 23.5 Å². The van der Waals surface area contributed by atoms with E-state index in [1.54, 1.807) is 9.80 Å². The lowest BCUT2D eigenvalue weighted by Gasteiger charge is -2.42. The summed E-state index contributed by atoms with van der Waals surface area (Å²) in [6.45, 7) is 4.66. The monoisotopic (exact) mass is 358 g/mol. The molecule has 1 aromatic rings. The van der Waals surface area contributed by atoms with Crippen molar-refractivity contribution in [2.24, 2.45) is 11.7 Å². The largest absolute Gasteiger partial charge is 0.341 e. The van der Waals surface area contributed by atoms with E-state index < -0.39 is 11.6 Å². The number of anilines is 1. The molecule has 0 aromatic heterocycles. The van der Waals surface area contributed by atoms with E-state index in [-0.39, 0.29) is 23.8 Å². The number of likely N-dealkylation sites (tertiary alicyclic amines) is 1. The highest BCUT2D eigenvalue weighted by atomic mass is 16.2. The molecule has 1 atom stereocenters. The Morgan fingerprint density at radius 2 is 1.69 bits per heavy atom. The number of amides is 4. The van der Waals surface area contributed by atoms with Crippen LogP contribution in [0.2, 0.25) is 0 Å². The van der Waals surface area contributed by atoms with Crippen molar-refractivity contribution in [3.63, 3.8) is 0 Å². The highest BCUT2D eigenvalue weighted by Gasteiger charge is 2.57. The number of likely N-dealkylation sites (N-methyl/N-ethyl adjacent to an activating group) is 1. The number of nitrogens with zero attached hydrogens (tertiary/aromatic N) is 3. The number of piperidine rings is 1. The van der Waals surface area contributed by atoms with E-state index in [9.17, 15) is 14.4 Å². The highest BCUT2D eigenvalue weighted by molar-refractivity contribution is 6.16. The molecule has 2 fully saturated rings. The molecule has 1 spiro atoms. The summed E-state index contributed by atoms with van der Waals surface area (Å²) in [4.78, 5) is 42.7. The van der Waals surface area contributed by atoms with Crippen LogP contribution in [0.4, 0.5) is 10.5 Å². The molecule has 2 saturated heterocycles. The maximum Gasteiger partial charge on any atom is 0.331 e. The summed E-state index contributed by atoms with van der Waals surface area (Å²) in [6, 6.07) is 8.37. The molecule has 4 amide bonds. The van der Waals surface area contributed by atoms with E-state index in [2.05, 4.69) is 0 Å². The van der Waals surface area contributed by atoms with Crippen LogP contribution in [-0.2, 0) is 9.59 Å². The number of hydrogen-bond donors (Lipinski definition) is 1. The van der Waals surface area contributed by atoms with Gasteiger partial charge in [-0.05, 0) is 30.9 Å². The molecule has 2 heterocycles. The zero-order valence-corrected chi connectivity index (χ0v) is 15.5. The third-order valence-corrected chi connectivity index (χ3v) is 5.53. The van der Waals surface area contributed by atoms with Crippen molar-refractivity contribution in [3.8, 4) is 0 Å². The molecular formula is C19H26N4O3. The first-order valence-corrected chi connectivity index (χ1v) is 9.01. The van der Waals surface area contributed by atoms with Crippen molar-refractivity contribution in [2.45, 2.75) is 38.3 Å². The number of imide groups is 1. The number of nitrogens with two attached hydrogens (primary N) is 1. The fourth-order valence-electron chi connectivity index (χ4n) is 3.79. The van der Waals surface area contributed by atoms with E-state index in [0.29, 0.717) is 31.6 Å². The van der Waals surface area contributed by atoms with Gasteiger partial charge in [0.25, 0.3) is 5.91 Å². The average Bonchev–Trinajstić information content (AvgIpc) is 2.83. The fourth-order valence-corrected chi connectivity index (χ4v) is 3.79. The fraction of sp³-hybridized carbons (Fsp3) is 0.526. The molecule has 0 radical (unpaired) electrons. The molecule has 140 valence electrons. The molecule has 0 aliphatic carbocycles. The van der Waals surface area contributed by atoms with Gasteiger partial charge in [0.2, 0.25) is 5.91 Å². The highest BCUT2D eigenvalue weighted by Crippen LogP contribution is 2.40. The molecule has 2 N–H and O–H groups in total. The van der Waals surface area contributed by atoms with Crippen LogP contribution >= 0.6 is 0 Å². The first-order chi connectivity index (χ1) is 12.3. The summed E-state index contributed by atoms with van der Waals surface area (Å²) >= 11 is 0. The molecule has 0 bridgehead atoms. The van der Waals surface area contributed by atoms with Crippen molar-refractivity contribution in [2.75, 3.05) is 25.0 Å². The van der Waals surface area contributed by atoms with Gasteiger partial charge in [0.1, 0.15) is 5.54 Å². The molecule has 0 unspecified atom stereocenters. The zero-order valence-electron chi connectivity index (χ0n) is 15.5. The number of rotatable bonds is 3. The first-order valence-electron chi connectivity index (χ1n) is 9.01. The Balaban J connectivity index is 1.86. The van der Waals surface area contributed by atoms with Gasteiger partial charge in [-0.15, -0.1) is 0 Å². The maximum absolute atomic E-state index is 12.9. The Morgan fingerprint density at radius 1 is 1.12 bits per heavy atom. The standard InChI is InChI=1S/C19H26N4O3/c1-13(2)15(20)16(24)22-11-9-19(10-12-22)17(25)21(3)18(26)23(19)14-7-5-4-6-8-14/h4-8,13,15H,9-12,20H2,1-3H3/t15-/m1/s1. The van der Waals surface area contributed by atoms with Gasteiger partial charge in [-0.3, -0.25) is 19.4 Å². The van der Waals surface area contributed by atoms with E-state index in [1.165, 1.54) is 11.9 Å². The second kappa shape index (κ2) is 6.72. The summed E-state index contributed by atoms with van der Waals surface area (Å²) in [5.41, 5.74) is 5.77. The van der Waals surface area contributed by atoms with Crippen LogP contribution in [0.15, 0.2) is 30.3 Å². The summed E-state index contributed by atoms with van der Waals surface area (Å²) < 4.78 is 0. The third kappa shape index (κ3) is 2.76. The minimum atomic E-state index is -0.925. The van der Waals surface area contributed by atoms with Crippen LogP contribution < -0.4 is 10.6 Å². The number of benzene rings is 1. The molecule has 0 saturated carbocycles. The zero-order chi connectivity index (χ0) is 19.1. The number of hydrogen-bond acceptors (Lipinski definition) is 4. The molecule has 3 rings (SSSR count). The normalized spacial score (nSPS) is 21.0. The van der Waals surface area contributed by atoms with Crippen LogP contribution in [0, 0.1) is 5.92 Å². The summed E-state index contributed by atoms with van der Waals surface area (Å²) in [7, 11) is 1.52. The van der Waals surface area contributed by atoms with E-state index in [4.69, 9.17) is 5.73 Å². The van der Waals surface area contributed by atoms with Gasteiger partial charge in [0.15, 0.2) is 0 Å². The molecule has 7 heteroatoms. The Kier molecular flexibility index (Phi) is 4.75. The van der Waals surface area contributed by atoms with Crippen molar-refractivity contribution in [1.82, 2.24) is 9.80 Å². The first kappa shape index (κ1) is 18.4. The molecule has 2 aliphatic heterocycles. The quantitative estimate of drug-likeness (QED) is 0.828. The second-order valence-corrected chi connectivity index (χ2v) is 7.44. The van der Waals surface area contributed by atoms with E-state index in [1.807, 2.05) is 44.2 Å². The van der Waals surface area contributed by atoms with Gasteiger partial charge in [-0.1, -0.05) is 32.0 Å². The van der Waals surface area contributed by atoms with Crippen molar-refractivity contribution < 1.29 is 14.4 Å². The molecular weight excluding hydrogens is 332 g/mol. The SMILES string of the molecule is CC(C)[C@@H](N)C(=O)N1CCC2(CC1)C(=O)N(C)C(=O)N2c1ccccc1. The van der Waals surface area contributed by atoms with Gasteiger partial charge >= 0.3 is 6.03 Å². The molecule has 26 heavy (non-hydrogen) atoms. The lowest BCUT2D eigenvalue weighted by atomic mass is 9.85. The van der Waals surface area contributed by atoms with Crippen LogP contribution in [0.25, 0.3) is 0 Å². The predicted octanol–water partition coefficient (Wildman–Crippen LogP) is 1.43. The summed E-state index contributed by atoms with van der Waals surface area (Å²) in [5, 5.41) is 0. The smallest absolute Gasteiger partial charge is 0.331 e. The topological polar surface area (TPSA) is 87.0 Å². The number of carbonyl (C=O) groups excluding carboxylic acids is 3. The maximum atomic E-state index is 12.9. The van der Waals surface area contributed by atoms with E-state index in [0.717, 1.165) is 0 Å². The summed E-state index contributed by atoms with van der Waals surface area (Å²) in [5.74, 6) is -0.238. The Morgan fingerprint density at radius 3 is 2.23 bits per heavy atom. The van der Waals surface area contributed by atoms with Crippen molar-refractivity contribution in [1.29, 1.82) is 0 Å². The van der Waals surface area contributed by atoms with Gasteiger partial charge < -0.3 is 10.6 Å². The van der Waals surface area contributed by atoms with Crippen LogP contribution in [0.1, 0.15) is 26.7 Å². The molecule has 2 aliphatic rings. The predicted molar refractivity (Wildman–Crippen MR) is 98.4 cm³/mol. The number of carbonyl (C=O) groups is 3.